The Labute approximate surface area is 102 Å². The minimum absolute atomic E-state index is 0.195. The van der Waals surface area contributed by atoms with Crippen LogP contribution in [0.15, 0.2) is 12.5 Å². The van der Waals surface area contributed by atoms with Crippen molar-refractivity contribution in [2.45, 2.75) is 31.5 Å². The summed E-state index contributed by atoms with van der Waals surface area (Å²) in [4.78, 5) is 6.68. The lowest BCUT2D eigenvalue weighted by Crippen LogP contribution is -2.45. The first-order valence-electron chi connectivity index (χ1n) is 6.41. The Kier molecular flexibility index (Phi) is 3.13. The monoisotopic (exact) mass is 236 g/mol. The van der Waals surface area contributed by atoms with Gasteiger partial charge in [0, 0.05) is 38.4 Å². The molecule has 5 nitrogen and oxygen atoms in total. The molecule has 0 aromatic carbocycles. The van der Waals surface area contributed by atoms with Crippen LogP contribution in [0.4, 0.5) is 0 Å². The van der Waals surface area contributed by atoms with E-state index in [1.165, 1.54) is 18.5 Å². The second-order valence-electron chi connectivity index (χ2n) is 4.99. The Morgan fingerprint density at radius 1 is 1.47 bits per heavy atom. The van der Waals surface area contributed by atoms with Crippen LogP contribution >= 0.6 is 0 Å². The van der Waals surface area contributed by atoms with Gasteiger partial charge in [-0.3, -0.25) is 4.90 Å². The molecule has 0 bridgehead atoms. The first-order valence-corrected chi connectivity index (χ1v) is 6.41. The van der Waals surface area contributed by atoms with Crippen LogP contribution in [0.25, 0.3) is 0 Å². The maximum Gasteiger partial charge on any atom is 0.0951 e. The summed E-state index contributed by atoms with van der Waals surface area (Å²) in [7, 11) is 0. The van der Waals surface area contributed by atoms with E-state index in [1.54, 1.807) is 0 Å². The van der Waals surface area contributed by atoms with Gasteiger partial charge in [0.15, 0.2) is 0 Å². The highest BCUT2D eigenvalue weighted by molar-refractivity contribution is 5.03. The third kappa shape index (κ3) is 2.51. The zero-order chi connectivity index (χ0) is 11.7. The minimum Gasteiger partial charge on any atom is -0.374 e. The van der Waals surface area contributed by atoms with Gasteiger partial charge in [-0.1, -0.05) is 0 Å². The lowest BCUT2D eigenvalue weighted by molar-refractivity contribution is -0.0267. The maximum absolute atomic E-state index is 5.66. The van der Waals surface area contributed by atoms with Crippen molar-refractivity contribution in [3.63, 3.8) is 0 Å². The molecule has 1 aromatic heterocycles. The van der Waals surface area contributed by atoms with Crippen molar-refractivity contribution >= 4 is 0 Å². The summed E-state index contributed by atoms with van der Waals surface area (Å²) in [6.45, 7) is 4.30. The number of imidazole rings is 1. The standard InChI is InChI=1S/C12H20N4O/c13-5-12-8-15(3-4-17-12)7-11-6-14-9-16(11)10-1-2-10/h6,9-10,12H,1-5,7-8,13H2. The summed E-state index contributed by atoms with van der Waals surface area (Å²) in [6, 6.07) is 0.707. The second kappa shape index (κ2) is 4.76. The van der Waals surface area contributed by atoms with E-state index in [4.69, 9.17) is 10.5 Å². The van der Waals surface area contributed by atoms with Crippen molar-refractivity contribution in [1.82, 2.24) is 14.5 Å². The maximum atomic E-state index is 5.66. The van der Waals surface area contributed by atoms with Crippen LogP contribution in [0.2, 0.25) is 0 Å². The van der Waals surface area contributed by atoms with Gasteiger partial charge in [0.25, 0.3) is 0 Å². The lowest BCUT2D eigenvalue weighted by atomic mass is 10.2. The van der Waals surface area contributed by atoms with Gasteiger partial charge in [0.05, 0.1) is 24.7 Å². The van der Waals surface area contributed by atoms with Crippen molar-refractivity contribution in [3.05, 3.63) is 18.2 Å². The fourth-order valence-corrected chi connectivity index (χ4v) is 2.43. The van der Waals surface area contributed by atoms with Crippen molar-refractivity contribution in [3.8, 4) is 0 Å². The smallest absolute Gasteiger partial charge is 0.0951 e. The van der Waals surface area contributed by atoms with Crippen LogP contribution in [0.1, 0.15) is 24.6 Å². The van der Waals surface area contributed by atoms with Crippen molar-refractivity contribution in [2.24, 2.45) is 5.73 Å². The van der Waals surface area contributed by atoms with Crippen LogP contribution in [-0.4, -0.2) is 46.8 Å². The number of hydrogen-bond donors (Lipinski definition) is 1. The van der Waals surface area contributed by atoms with Crippen LogP contribution in [0.3, 0.4) is 0 Å². The summed E-state index contributed by atoms with van der Waals surface area (Å²) in [5, 5.41) is 0. The van der Waals surface area contributed by atoms with E-state index in [2.05, 4.69) is 14.5 Å². The minimum atomic E-state index is 0.195. The molecule has 5 heteroatoms. The molecule has 2 aliphatic rings. The first kappa shape index (κ1) is 11.2. The number of ether oxygens (including phenoxy) is 1. The Bertz CT molecular complexity index is 374. The van der Waals surface area contributed by atoms with E-state index < -0.39 is 0 Å². The highest BCUT2D eigenvalue weighted by Crippen LogP contribution is 2.35. The van der Waals surface area contributed by atoms with Crippen molar-refractivity contribution in [2.75, 3.05) is 26.2 Å². The van der Waals surface area contributed by atoms with Crippen LogP contribution < -0.4 is 5.73 Å². The van der Waals surface area contributed by atoms with E-state index in [0.29, 0.717) is 12.6 Å². The summed E-state index contributed by atoms with van der Waals surface area (Å²) in [5.41, 5.74) is 6.98. The summed E-state index contributed by atoms with van der Waals surface area (Å²) in [6.07, 6.45) is 6.76. The normalized spacial score (nSPS) is 26.3. The lowest BCUT2D eigenvalue weighted by Gasteiger charge is -2.32. The van der Waals surface area contributed by atoms with Gasteiger partial charge < -0.3 is 15.0 Å². The molecule has 0 amide bonds. The predicted octanol–water partition coefficient (Wildman–Crippen LogP) is 0.377. The van der Waals surface area contributed by atoms with Gasteiger partial charge in [-0.2, -0.15) is 0 Å². The fraction of sp³-hybridized carbons (Fsp3) is 0.750. The molecule has 1 saturated carbocycles. The highest BCUT2D eigenvalue weighted by Gasteiger charge is 2.26. The van der Waals surface area contributed by atoms with Gasteiger partial charge >= 0.3 is 0 Å². The fourth-order valence-electron chi connectivity index (χ4n) is 2.43. The van der Waals surface area contributed by atoms with Crippen molar-refractivity contribution < 1.29 is 4.74 Å². The predicted molar refractivity (Wildman–Crippen MR) is 64.6 cm³/mol. The number of hydrogen-bond acceptors (Lipinski definition) is 4. The largest absolute Gasteiger partial charge is 0.374 e. The third-order valence-corrected chi connectivity index (χ3v) is 3.56. The quantitative estimate of drug-likeness (QED) is 0.821. The number of morpholine rings is 1. The zero-order valence-electron chi connectivity index (χ0n) is 10.1. The molecule has 1 unspecified atom stereocenters. The highest BCUT2D eigenvalue weighted by atomic mass is 16.5. The SMILES string of the molecule is NCC1CN(Cc2cncn2C2CC2)CCO1. The molecule has 0 radical (unpaired) electrons. The Hall–Kier alpha value is -0.910. The molecule has 1 saturated heterocycles. The molecule has 1 aromatic rings. The van der Waals surface area contributed by atoms with Gasteiger partial charge in [-0.05, 0) is 12.8 Å². The average Bonchev–Trinajstić information content (AvgIpc) is 3.11. The van der Waals surface area contributed by atoms with E-state index in [1.807, 2.05) is 12.5 Å². The molecule has 3 rings (SSSR count). The van der Waals surface area contributed by atoms with Gasteiger partial charge in [-0.25, -0.2) is 4.98 Å². The molecular weight excluding hydrogens is 216 g/mol. The van der Waals surface area contributed by atoms with E-state index in [9.17, 15) is 0 Å². The Balaban J connectivity index is 1.63. The van der Waals surface area contributed by atoms with E-state index in [0.717, 1.165) is 26.2 Å². The van der Waals surface area contributed by atoms with Gasteiger partial charge in [-0.15, -0.1) is 0 Å². The van der Waals surface area contributed by atoms with Gasteiger partial charge in [0.2, 0.25) is 0 Å². The molecule has 2 fully saturated rings. The number of rotatable bonds is 4. The van der Waals surface area contributed by atoms with Crippen LogP contribution in [0, 0.1) is 0 Å². The third-order valence-electron chi connectivity index (χ3n) is 3.56. The van der Waals surface area contributed by atoms with E-state index >= 15 is 0 Å². The number of nitrogens with two attached hydrogens (primary N) is 1. The Morgan fingerprint density at radius 3 is 3.12 bits per heavy atom. The molecular formula is C12H20N4O. The van der Waals surface area contributed by atoms with Crippen LogP contribution in [-0.2, 0) is 11.3 Å². The summed E-state index contributed by atoms with van der Waals surface area (Å²) >= 11 is 0. The molecule has 2 heterocycles. The summed E-state index contributed by atoms with van der Waals surface area (Å²) < 4.78 is 7.90. The molecule has 1 atom stereocenters. The topological polar surface area (TPSA) is 56.3 Å². The molecule has 2 N–H and O–H groups in total. The molecule has 94 valence electrons. The Morgan fingerprint density at radius 2 is 2.35 bits per heavy atom. The number of nitrogens with zero attached hydrogens (tertiary/aromatic N) is 3. The number of aromatic nitrogens is 2. The van der Waals surface area contributed by atoms with Crippen LogP contribution in [0.5, 0.6) is 0 Å². The molecule has 0 spiro atoms. The zero-order valence-corrected chi connectivity index (χ0v) is 10.1. The average molecular weight is 236 g/mol. The second-order valence-corrected chi connectivity index (χ2v) is 4.99. The molecule has 1 aliphatic carbocycles. The summed E-state index contributed by atoms with van der Waals surface area (Å²) in [5.74, 6) is 0. The van der Waals surface area contributed by atoms with Crippen molar-refractivity contribution in [1.29, 1.82) is 0 Å². The van der Waals surface area contributed by atoms with Gasteiger partial charge in [0.1, 0.15) is 0 Å². The molecule has 17 heavy (non-hydrogen) atoms. The van der Waals surface area contributed by atoms with E-state index in [-0.39, 0.29) is 6.10 Å². The first-order chi connectivity index (χ1) is 8.36. The molecule has 1 aliphatic heterocycles.